The number of H-pyrrole nitrogens is 1. The van der Waals surface area contributed by atoms with Gasteiger partial charge in [-0.1, -0.05) is 32.0 Å². The zero-order chi connectivity index (χ0) is 26.8. The van der Waals surface area contributed by atoms with Crippen LogP contribution in [-0.4, -0.2) is 57.8 Å². The van der Waals surface area contributed by atoms with E-state index in [1.807, 2.05) is 62.4 Å². The fourth-order valence-corrected chi connectivity index (χ4v) is 4.95. The van der Waals surface area contributed by atoms with Crippen LogP contribution in [0.2, 0.25) is 0 Å². The highest BCUT2D eigenvalue weighted by atomic mass is 16.2. The van der Waals surface area contributed by atoms with Crippen molar-refractivity contribution in [3.8, 4) is 11.3 Å². The first kappa shape index (κ1) is 25.4. The number of rotatable bonds is 8. The first-order chi connectivity index (χ1) is 18.4. The molecule has 5 rings (SSSR count). The van der Waals surface area contributed by atoms with E-state index in [0.717, 1.165) is 70.1 Å². The van der Waals surface area contributed by atoms with Crippen LogP contribution in [-0.2, 0) is 4.79 Å². The molecular formula is C30H32N6O2. The van der Waals surface area contributed by atoms with Crippen molar-refractivity contribution in [2.75, 3.05) is 31.5 Å². The Kier molecular flexibility index (Phi) is 7.07. The van der Waals surface area contributed by atoms with Crippen molar-refractivity contribution in [3.63, 3.8) is 0 Å². The third-order valence-electron chi connectivity index (χ3n) is 7.15. The smallest absolute Gasteiger partial charge is 0.256 e. The SMILES string of the molecule is CCN(CC)CCNC(=O)c1c(C)[nH]c(/C=C2\C(=O)Nc3ccc(-c4cnc5ccccc5n4)cc32)c1C. The van der Waals surface area contributed by atoms with Crippen LogP contribution >= 0.6 is 0 Å². The van der Waals surface area contributed by atoms with Gasteiger partial charge in [0.1, 0.15) is 0 Å². The number of nitrogens with zero attached hydrogens (tertiary/aromatic N) is 3. The molecule has 1 aliphatic rings. The summed E-state index contributed by atoms with van der Waals surface area (Å²) in [4.78, 5) is 40.8. The lowest BCUT2D eigenvalue weighted by molar-refractivity contribution is -0.110. The van der Waals surface area contributed by atoms with Crippen molar-refractivity contribution >= 4 is 40.2 Å². The lowest BCUT2D eigenvalue weighted by Gasteiger charge is -2.18. The summed E-state index contributed by atoms with van der Waals surface area (Å²) >= 11 is 0. The van der Waals surface area contributed by atoms with Crippen LogP contribution in [0, 0.1) is 13.8 Å². The minimum Gasteiger partial charge on any atom is -0.358 e. The molecule has 38 heavy (non-hydrogen) atoms. The fraction of sp³-hybridized carbons (Fsp3) is 0.267. The van der Waals surface area contributed by atoms with E-state index in [9.17, 15) is 9.59 Å². The molecule has 0 bridgehead atoms. The number of hydrogen-bond acceptors (Lipinski definition) is 5. The van der Waals surface area contributed by atoms with Crippen molar-refractivity contribution in [1.29, 1.82) is 0 Å². The minimum atomic E-state index is -0.182. The Labute approximate surface area is 222 Å². The number of benzene rings is 2. The number of aromatic nitrogens is 3. The molecule has 8 nitrogen and oxygen atoms in total. The van der Waals surface area contributed by atoms with Gasteiger partial charge in [-0.25, -0.2) is 4.98 Å². The summed E-state index contributed by atoms with van der Waals surface area (Å²) in [6, 6.07) is 13.5. The molecule has 8 heteroatoms. The summed E-state index contributed by atoms with van der Waals surface area (Å²) in [7, 11) is 0. The van der Waals surface area contributed by atoms with E-state index in [1.54, 1.807) is 6.20 Å². The Morgan fingerprint density at radius 3 is 2.61 bits per heavy atom. The second-order valence-corrected chi connectivity index (χ2v) is 9.46. The molecule has 0 saturated carbocycles. The number of carbonyl (C=O) groups excluding carboxylic acids is 2. The zero-order valence-electron chi connectivity index (χ0n) is 22.2. The topological polar surface area (TPSA) is 103 Å². The third-order valence-corrected chi connectivity index (χ3v) is 7.15. The van der Waals surface area contributed by atoms with E-state index in [0.29, 0.717) is 17.7 Å². The van der Waals surface area contributed by atoms with Gasteiger partial charge in [-0.3, -0.25) is 14.6 Å². The number of aryl methyl sites for hydroxylation is 1. The minimum absolute atomic E-state index is 0.110. The predicted molar refractivity (Wildman–Crippen MR) is 152 cm³/mol. The number of aromatic amines is 1. The number of likely N-dealkylation sites (N-methyl/N-ethyl adjacent to an activating group) is 1. The second-order valence-electron chi connectivity index (χ2n) is 9.46. The van der Waals surface area contributed by atoms with Gasteiger partial charge in [-0.2, -0.15) is 0 Å². The number of carbonyl (C=O) groups is 2. The van der Waals surface area contributed by atoms with Gasteiger partial charge in [-0.05, 0) is 62.8 Å². The van der Waals surface area contributed by atoms with E-state index >= 15 is 0 Å². The summed E-state index contributed by atoms with van der Waals surface area (Å²) < 4.78 is 0. The lowest BCUT2D eigenvalue weighted by Crippen LogP contribution is -2.35. The number of fused-ring (bicyclic) bond motifs is 2. The maximum Gasteiger partial charge on any atom is 0.256 e. The van der Waals surface area contributed by atoms with E-state index in [2.05, 4.69) is 39.3 Å². The van der Waals surface area contributed by atoms with Crippen molar-refractivity contribution < 1.29 is 9.59 Å². The van der Waals surface area contributed by atoms with Crippen molar-refractivity contribution in [3.05, 3.63) is 76.7 Å². The van der Waals surface area contributed by atoms with Crippen LogP contribution in [0.25, 0.3) is 33.9 Å². The maximum atomic E-state index is 13.0. The van der Waals surface area contributed by atoms with Gasteiger partial charge < -0.3 is 20.5 Å². The average molecular weight is 509 g/mol. The molecule has 0 spiro atoms. The van der Waals surface area contributed by atoms with Crippen LogP contribution in [0.4, 0.5) is 5.69 Å². The summed E-state index contributed by atoms with van der Waals surface area (Å²) in [5.41, 5.74) is 8.28. The van der Waals surface area contributed by atoms with Gasteiger partial charge in [-0.15, -0.1) is 0 Å². The number of para-hydroxylation sites is 2. The van der Waals surface area contributed by atoms with E-state index in [-0.39, 0.29) is 11.8 Å². The van der Waals surface area contributed by atoms with Gasteiger partial charge in [0.2, 0.25) is 0 Å². The highest BCUT2D eigenvalue weighted by Crippen LogP contribution is 2.36. The maximum absolute atomic E-state index is 13.0. The summed E-state index contributed by atoms with van der Waals surface area (Å²) in [6.45, 7) is 11.3. The standard InChI is InChI=1S/C30H32N6O2/c1-5-36(6-2)14-13-31-30(38)28-18(3)26(33-19(28)4)16-22-21-15-20(11-12-23(21)35-29(22)37)27-17-32-24-9-7-8-10-25(24)34-27/h7-12,15-17,33H,5-6,13-14H2,1-4H3,(H,31,38)(H,35,37)/b22-16-. The zero-order valence-corrected chi connectivity index (χ0v) is 22.2. The Bertz CT molecular complexity index is 1560. The molecule has 1 aliphatic heterocycles. The average Bonchev–Trinajstić information content (AvgIpc) is 3.39. The van der Waals surface area contributed by atoms with Gasteiger partial charge in [0.05, 0.1) is 34.1 Å². The Morgan fingerprint density at radius 2 is 1.84 bits per heavy atom. The lowest BCUT2D eigenvalue weighted by atomic mass is 10.0. The van der Waals surface area contributed by atoms with Crippen LogP contribution in [0.1, 0.15) is 46.7 Å². The molecule has 2 aromatic heterocycles. The number of nitrogens with one attached hydrogen (secondary N) is 3. The normalized spacial score (nSPS) is 13.8. The van der Waals surface area contributed by atoms with Crippen LogP contribution < -0.4 is 10.6 Å². The summed E-state index contributed by atoms with van der Waals surface area (Å²) in [6.07, 6.45) is 3.58. The first-order valence-corrected chi connectivity index (χ1v) is 13.0. The van der Waals surface area contributed by atoms with Gasteiger partial charge >= 0.3 is 0 Å². The van der Waals surface area contributed by atoms with Gasteiger partial charge in [0, 0.05) is 41.3 Å². The molecule has 0 radical (unpaired) electrons. The van der Waals surface area contributed by atoms with Crippen LogP contribution in [0.3, 0.4) is 0 Å². The molecule has 2 amide bonds. The molecule has 0 unspecified atom stereocenters. The first-order valence-electron chi connectivity index (χ1n) is 13.0. The highest BCUT2D eigenvalue weighted by molar-refractivity contribution is 6.35. The number of amides is 2. The Hall–Kier alpha value is -4.30. The molecule has 3 heterocycles. The van der Waals surface area contributed by atoms with Gasteiger partial charge in [0.25, 0.3) is 11.8 Å². The molecule has 0 fully saturated rings. The molecular weight excluding hydrogens is 476 g/mol. The van der Waals surface area contributed by atoms with E-state index < -0.39 is 0 Å². The van der Waals surface area contributed by atoms with E-state index in [4.69, 9.17) is 4.98 Å². The molecule has 194 valence electrons. The second kappa shape index (κ2) is 10.6. The summed E-state index contributed by atoms with van der Waals surface area (Å²) in [5.74, 6) is -0.292. The highest BCUT2D eigenvalue weighted by Gasteiger charge is 2.26. The Balaban J connectivity index is 1.44. The quantitative estimate of drug-likeness (QED) is 0.297. The molecule has 0 aliphatic carbocycles. The van der Waals surface area contributed by atoms with Crippen molar-refractivity contribution in [1.82, 2.24) is 25.2 Å². The van der Waals surface area contributed by atoms with Crippen LogP contribution in [0.5, 0.6) is 0 Å². The largest absolute Gasteiger partial charge is 0.358 e. The molecule has 2 aromatic carbocycles. The Morgan fingerprint density at radius 1 is 1.08 bits per heavy atom. The van der Waals surface area contributed by atoms with Crippen molar-refractivity contribution in [2.45, 2.75) is 27.7 Å². The predicted octanol–water partition coefficient (Wildman–Crippen LogP) is 4.81. The molecule has 0 atom stereocenters. The fourth-order valence-electron chi connectivity index (χ4n) is 4.95. The number of hydrogen-bond donors (Lipinski definition) is 3. The third kappa shape index (κ3) is 4.82. The molecule has 4 aromatic rings. The van der Waals surface area contributed by atoms with E-state index in [1.165, 1.54) is 0 Å². The van der Waals surface area contributed by atoms with Crippen LogP contribution in [0.15, 0.2) is 48.7 Å². The monoisotopic (exact) mass is 508 g/mol. The number of anilines is 1. The van der Waals surface area contributed by atoms with Gasteiger partial charge in [0.15, 0.2) is 0 Å². The molecule has 0 saturated heterocycles. The molecule has 3 N–H and O–H groups in total. The summed E-state index contributed by atoms with van der Waals surface area (Å²) in [5, 5.41) is 5.98. The van der Waals surface area contributed by atoms with Crippen molar-refractivity contribution in [2.24, 2.45) is 0 Å².